The Morgan fingerprint density at radius 2 is 2.00 bits per heavy atom. The van der Waals surface area contributed by atoms with Gasteiger partial charge in [0.15, 0.2) is 0 Å². The molecule has 2 rings (SSSR count). The first-order chi connectivity index (χ1) is 8.86. The normalized spacial score (nSPS) is 11.6. The van der Waals surface area contributed by atoms with Gasteiger partial charge < -0.3 is 5.32 Å². The molecule has 0 spiro atoms. The molecule has 1 aromatic heterocycles. The van der Waals surface area contributed by atoms with Crippen LogP contribution in [0.2, 0.25) is 9.36 Å². The van der Waals surface area contributed by atoms with Crippen LogP contribution in [-0.4, -0.2) is 4.98 Å². The lowest BCUT2D eigenvalue weighted by Crippen LogP contribution is -2.10. The van der Waals surface area contributed by atoms with Gasteiger partial charge in [-0.05, 0) is 18.2 Å². The van der Waals surface area contributed by atoms with E-state index in [4.69, 9.17) is 23.2 Å². The van der Waals surface area contributed by atoms with Crippen LogP contribution in [0.1, 0.15) is 10.6 Å². The summed E-state index contributed by atoms with van der Waals surface area (Å²) >= 11 is 12.5. The van der Waals surface area contributed by atoms with E-state index in [0.717, 1.165) is 6.07 Å². The zero-order valence-corrected chi connectivity index (χ0v) is 11.6. The van der Waals surface area contributed by atoms with Gasteiger partial charge in [0.05, 0.1) is 18.3 Å². The number of hydrogen-bond donors (Lipinski definition) is 1. The van der Waals surface area contributed by atoms with Crippen LogP contribution in [0, 0.1) is 0 Å². The lowest BCUT2D eigenvalue weighted by atomic mass is 10.1. The van der Waals surface area contributed by atoms with Crippen molar-refractivity contribution in [3.63, 3.8) is 0 Å². The molecular formula is C11H7Cl2F3N2S. The number of aromatic nitrogens is 1. The minimum atomic E-state index is -4.46. The first-order valence-corrected chi connectivity index (χ1v) is 6.64. The van der Waals surface area contributed by atoms with E-state index in [1.165, 1.54) is 29.7 Å². The molecule has 0 saturated carbocycles. The van der Waals surface area contributed by atoms with E-state index in [1.54, 1.807) is 0 Å². The first kappa shape index (κ1) is 14.4. The van der Waals surface area contributed by atoms with E-state index in [9.17, 15) is 13.2 Å². The molecule has 0 aliphatic heterocycles. The Labute approximate surface area is 121 Å². The third kappa shape index (κ3) is 3.75. The van der Waals surface area contributed by atoms with Gasteiger partial charge in [0.2, 0.25) is 0 Å². The Bertz CT molecular complexity index is 584. The Balaban J connectivity index is 2.20. The van der Waals surface area contributed by atoms with Gasteiger partial charge in [0.1, 0.15) is 9.34 Å². The summed E-state index contributed by atoms with van der Waals surface area (Å²) in [4.78, 5) is 3.96. The van der Waals surface area contributed by atoms with Crippen LogP contribution in [0.5, 0.6) is 0 Å². The molecule has 1 aromatic carbocycles. The Kier molecular flexibility index (Phi) is 4.23. The maximum atomic E-state index is 12.8. The molecule has 8 heteroatoms. The standard InChI is InChI=1S/C11H7Cl2F3N2S/c12-6-1-2-8(7(3-6)11(14,15)16)17-5-10-18-4-9(13)19-10/h1-4,17H,5H2. The van der Waals surface area contributed by atoms with E-state index in [2.05, 4.69) is 10.3 Å². The second kappa shape index (κ2) is 5.56. The molecule has 0 fully saturated rings. The largest absolute Gasteiger partial charge is 0.418 e. The van der Waals surface area contributed by atoms with Gasteiger partial charge in [-0.15, -0.1) is 11.3 Å². The zero-order chi connectivity index (χ0) is 14.0. The summed E-state index contributed by atoms with van der Waals surface area (Å²) < 4.78 is 39.0. The third-order valence-electron chi connectivity index (χ3n) is 2.24. The number of hydrogen-bond acceptors (Lipinski definition) is 3. The highest BCUT2D eigenvalue weighted by molar-refractivity contribution is 7.15. The average molecular weight is 327 g/mol. The summed E-state index contributed by atoms with van der Waals surface area (Å²) in [5.41, 5.74) is -0.842. The molecule has 0 radical (unpaired) electrons. The molecule has 0 aliphatic rings. The molecule has 0 aliphatic carbocycles. The molecule has 0 unspecified atom stereocenters. The third-order valence-corrected chi connectivity index (χ3v) is 3.59. The van der Waals surface area contributed by atoms with E-state index in [0.29, 0.717) is 9.34 Å². The molecule has 0 saturated heterocycles. The van der Waals surface area contributed by atoms with Crippen LogP contribution in [0.25, 0.3) is 0 Å². The number of halogens is 5. The van der Waals surface area contributed by atoms with Gasteiger partial charge in [-0.3, -0.25) is 0 Å². The molecule has 19 heavy (non-hydrogen) atoms. The second-order valence-corrected chi connectivity index (χ2v) is 5.78. The highest BCUT2D eigenvalue weighted by Gasteiger charge is 2.33. The van der Waals surface area contributed by atoms with Crippen molar-refractivity contribution in [3.8, 4) is 0 Å². The van der Waals surface area contributed by atoms with Crippen molar-refractivity contribution in [2.45, 2.75) is 12.7 Å². The highest BCUT2D eigenvalue weighted by Crippen LogP contribution is 2.36. The van der Waals surface area contributed by atoms with Crippen molar-refractivity contribution in [1.82, 2.24) is 4.98 Å². The smallest absolute Gasteiger partial charge is 0.378 e. The van der Waals surface area contributed by atoms with Crippen molar-refractivity contribution in [1.29, 1.82) is 0 Å². The summed E-state index contributed by atoms with van der Waals surface area (Å²) in [6.45, 7) is 0.169. The van der Waals surface area contributed by atoms with Gasteiger partial charge in [-0.25, -0.2) is 4.98 Å². The Hall–Kier alpha value is -0.980. The number of alkyl halides is 3. The Morgan fingerprint density at radius 1 is 1.26 bits per heavy atom. The van der Waals surface area contributed by atoms with Crippen molar-refractivity contribution in [2.75, 3.05) is 5.32 Å². The Morgan fingerprint density at radius 3 is 2.58 bits per heavy atom. The summed E-state index contributed by atoms with van der Waals surface area (Å²) in [5, 5.41) is 3.33. The second-order valence-electron chi connectivity index (χ2n) is 3.60. The minimum absolute atomic E-state index is 0.0372. The number of benzene rings is 1. The molecule has 0 atom stereocenters. The number of nitrogens with zero attached hydrogens (tertiary/aromatic N) is 1. The zero-order valence-electron chi connectivity index (χ0n) is 9.26. The van der Waals surface area contributed by atoms with Crippen LogP contribution in [0.3, 0.4) is 0 Å². The number of anilines is 1. The van der Waals surface area contributed by atoms with Gasteiger partial charge in [0, 0.05) is 10.7 Å². The van der Waals surface area contributed by atoms with E-state index < -0.39 is 11.7 Å². The molecule has 2 aromatic rings. The van der Waals surface area contributed by atoms with E-state index in [-0.39, 0.29) is 17.3 Å². The van der Waals surface area contributed by atoms with Crippen molar-refractivity contribution in [2.24, 2.45) is 0 Å². The fourth-order valence-corrected chi connectivity index (χ4v) is 2.51. The molecule has 1 heterocycles. The van der Waals surface area contributed by atoms with Gasteiger partial charge >= 0.3 is 6.18 Å². The number of thiazole rings is 1. The summed E-state index contributed by atoms with van der Waals surface area (Å²) in [6.07, 6.45) is -3.01. The van der Waals surface area contributed by atoms with Crippen molar-refractivity contribution in [3.05, 3.63) is 44.3 Å². The average Bonchev–Trinajstić information content (AvgIpc) is 2.72. The van der Waals surface area contributed by atoms with E-state index >= 15 is 0 Å². The maximum Gasteiger partial charge on any atom is 0.418 e. The van der Waals surface area contributed by atoms with E-state index in [1.807, 2.05) is 0 Å². The fourth-order valence-electron chi connectivity index (χ4n) is 1.45. The van der Waals surface area contributed by atoms with Gasteiger partial charge in [-0.2, -0.15) is 13.2 Å². The van der Waals surface area contributed by atoms with Gasteiger partial charge in [0.25, 0.3) is 0 Å². The molecule has 0 bridgehead atoms. The number of nitrogens with one attached hydrogen (secondary N) is 1. The van der Waals surface area contributed by atoms with Crippen molar-refractivity contribution >= 4 is 40.2 Å². The monoisotopic (exact) mass is 326 g/mol. The van der Waals surface area contributed by atoms with Crippen LogP contribution < -0.4 is 5.32 Å². The summed E-state index contributed by atoms with van der Waals surface area (Å²) in [6, 6.07) is 3.58. The first-order valence-electron chi connectivity index (χ1n) is 5.07. The highest BCUT2D eigenvalue weighted by atomic mass is 35.5. The SMILES string of the molecule is FC(F)(F)c1cc(Cl)ccc1NCc1ncc(Cl)s1. The van der Waals surface area contributed by atoms with Gasteiger partial charge in [-0.1, -0.05) is 23.2 Å². The summed E-state index contributed by atoms with van der Waals surface area (Å²) in [5.74, 6) is 0. The fraction of sp³-hybridized carbons (Fsp3) is 0.182. The number of rotatable bonds is 3. The van der Waals surface area contributed by atoms with Crippen LogP contribution in [0.4, 0.5) is 18.9 Å². The van der Waals surface area contributed by atoms with Crippen molar-refractivity contribution < 1.29 is 13.2 Å². The quantitative estimate of drug-likeness (QED) is 0.850. The van der Waals surface area contributed by atoms with Crippen LogP contribution in [0.15, 0.2) is 24.4 Å². The molecular weight excluding hydrogens is 320 g/mol. The molecule has 102 valence electrons. The minimum Gasteiger partial charge on any atom is -0.378 e. The molecule has 1 N–H and O–H groups in total. The predicted octanol–water partition coefficient (Wildman–Crippen LogP) is 5.08. The predicted molar refractivity (Wildman–Crippen MR) is 70.9 cm³/mol. The molecule has 2 nitrogen and oxygen atoms in total. The lowest BCUT2D eigenvalue weighted by Gasteiger charge is -2.14. The topological polar surface area (TPSA) is 24.9 Å². The van der Waals surface area contributed by atoms with Crippen LogP contribution >= 0.6 is 34.5 Å². The van der Waals surface area contributed by atoms with Crippen LogP contribution in [-0.2, 0) is 12.7 Å². The molecule has 0 amide bonds. The lowest BCUT2D eigenvalue weighted by molar-refractivity contribution is -0.136. The maximum absolute atomic E-state index is 12.8. The summed E-state index contributed by atoms with van der Waals surface area (Å²) in [7, 11) is 0.